The van der Waals surface area contributed by atoms with Crippen LogP contribution in [-0.4, -0.2) is 29.1 Å². The van der Waals surface area contributed by atoms with Gasteiger partial charge in [0.05, 0.1) is 0 Å². The maximum absolute atomic E-state index is 5.36. The van der Waals surface area contributed by atoms with Gasteiger partial charge in [0.15, 0.2) is 5.91 Å². The van der Waals surface area contributed by atoms with Gasteiger partial charge in [-0.05, 0) is 18.2 Å². The third-order valence-corrected chi connectivity index (χ3v) is 5.62. The fourth-order valence-corrected chi connectivity index (χ4v) is 4.21. The van der Waals surface area contributed by atoms with Crippen LogP contribution in [0.5, 0.6) is 0 Å². The molecule has 0 saturated heterocycles. The molecule has 4 heteroatoms. The highest BCUT2D eigenvalue weighted by molar-refractivity contribution is 6.63. The molecule has 0 aromatic heterocycles. The van der Waals surface area contributed by atoms with E-state index in [-0.39, 0.29) is 5.91 Å². The summed E-state index contributed by atoms with van der Waals surface area (Å²) in [5.74, 6) is -0.0693. The van der Waals surface area contributed by atoms with Crippen LogP contribution in [0.3, 0.4) is 0 Å². The largest absolute Gasteiger partial charge is 0.409 e. The molecule has 0 aliphatic rings. The van der Waals surface area contributed by atoms with E-state index in [1.807, 2.05) is 18.2 Å². The molecule has 1 aromatic rings. The van der Waals surface area contributed by atoms with Crippen molar-refractivity contribution in [3.05, 3.63) is 30.3 Å². The van der Waals surface area contributed by atoms with Crippen molar-refractivity contribution < 1.29 is 9.47 Å². The monoisotopic (exact) mass is 239 g/mol. The molecular weight excluding hydrogens is 218 g/mol. The fraction of sp³-hybridized carbons (Fsp3) is 0.500. The Morgan fingerprint density at radius 1 is 1.19 bits per heavy atom. The number of rotatable bonds is 7. The summed E-state index contributed by atoms with van der Waals surface area (Å²) in [7, 11) is 2.14. The molecule has 0 aliphatic heterocycles. The average molecular weight is 239 g/mol. The molecule has 0 saturated carbocycles. The van der Waals surface area contributed by atoms with Crippen molar-refractivity contribution in [1.29, 1.82) is 0 Å². The number of para-hydroxylation sites is 1. The SMILES string of the molecule is CCC[SiH](Nc1ccccc1)C(OC)OC. The summed E-state index contributed by atoms with van der Waals surface area (Å²) in [5.41, 5.74) is 1.16. The van der Waals surface area contributed by atoms with Gasteiger partial charge < -0.3 is 14.5 Å². The van der Waals surface area contributed by atoms with Crippen molar-refractivity contribution >= 4 is 14.6 Å². The summed E-state index contributed by atoms with van der Waals surface area (Å²) < 4.78 is 10.7. The highest BCUT2D eigenvalue weighted by Gasteiger charge is 2.22. The van der Waals surface area contributed by atoms with Gasteiger partial charge in [0.2, 0.25) is 8.96 Å². The first kappa shape index (κ1) is 13.2. The average Bonchev–Trinajstić information content (AvgIpc) is 2.32. The van der Waals surface area contributed by atoms with E-state index in [1.165, 1.54) is 0 Å². The van der Waals surface area contributed by atoms with Crippen molar-refractivity contribution in [3.63, 3.8) is 0 Å². The van der Waals surface area contributed by atoms with E-state index >= 15 is 0 Å². The lowest BCUT2D eigenvalue weighted by molar-refractivity contribution is -0.0469. The molecule has 16 heavy (non-hydrogen) atoms. The first-order valence-electron chi connectivity index (χ1n) is 5.69. The Morgan fingerprint density at radius 3 is 2.31 bits per heavy atom. The van der Waals surface area contributed by atoms with Gasteiger partial charge in [-0.2, -0.15) is 0 Å². The minimum Gasteiger partial charge on any atom is -0.409 e. The van der Waals surface area contributed by atoms with E-state index in [9.17, 15) is 0 Å². The fourth-order valence-electron chi connectivity index (χ4n) is 1.76. The Kier molecular flexibility index (Phi) is 6.14. The lowest BCUT2D eigenvalue weighted by Gasteiger charge is -2.24. The summed E-state index contributed by atoms with van der Waals surface area (Å²) in [6.45, 7) is 2.19. The molecular formula is C12H21NO2Si. The number of anilines is 1. The van der Waals surface area contributed by atoms with Crippen LogP contribution in [0, 0.1) is 0 Å². The normalized spacial score (nSPS) is 12.8. The van der Waals surface area contributed by atoms with Crippen LogP contribution in [0.1, 0.15) is 13.3 Å². The minimum atomic E-state index is -1.27. The van der Waals surface area contributed by atoms with Gasteiger partial charge in [0.1, 0.15) is 0 Å². The van der Waals surface area contributed by atoms with Crippen LogP contribution in [-0.2, 0) is 9.47 Å². The van der Waals surface area contributed by atoms with Gasteiger partial charge in [-0.25, -0.2) is 0 Å². The molecule has 1 aromatic carbocycles. The maximum Gasteiger partial charge on any atom is 0.201 e. The maximum atomic E-state index is 5.36. The van der Waals surface area contributed by atoms with Crippen LogP contribution in [0.25, 0.3) is 0 Å². The standard InChI is InChI=1S/C12H21NO2Si/c1-4-10-16(12(14-2)15-3)13-11-8-6-5-7-9-11/h5-9,12-13,16H,4,10H2,1-3H3. The van der Waals surface area contributed by atoms with Crippen molar-refractivity contribution in [2.75, 3.05) is 19.2 Å². The second-order valence-corrected chi connectivity index (χ2v) is 6.37. The van der Waals surface area contributed by atoms with Gasteiger partial charge in [0, 0.05) is 19.9 Å². The molecule has 0 aliphatic carbocycles. The second-order valence-electron chi connectivity index (χ2n) is 3.75. The second kappa shape index (κ2) is 7.43. The van der Waals surface area contributed by atoms with Crippen molar-refractivity contribution in [3.8, 4) is 0 Å². The van der Waals surface area contributed by atoms with E-state index in [4.69, 9.17) is 9.47 Å². The quantitative estimate of drug-likeness (QED) is 0.585. The Balaban J connectivity index is 2.63. The van der Waals surface area contributed by atoms with Gasteiger partial charge >= 0.3 is 0 Å². The lowest BCUT2D eigenvalue weighted by atomic mass is 10.3. The van der Waals surface area contributed by atoms with Gasteiger partial charge in [-0.1, -0.05) is 31.5 Å². The zero-order chi connectivity index (χ0) is 11.8. The predicted molar refractivity (Wildman–Crippen MR) is 70.1 cm³/mol. The minimum absolute atomic E-state index is 0.0693. The predicted octanol–water partition coefficient (Wildman–Crippen LogP) is 2.39. The smallest absolute Gasteiger partial charge is 0.201 e. The van der Waals surface area contributed by atoms with Crippen LogP contribution in [0.15, 0.2) is 30.3 Å². The molecule has 0 heterocycles. The van der Waals surface area contributed by atoms with E-state index in [0.29, 0.717) is 0 Å². The molecule has 0 spiro atoms. The van der Waals surface area contributed by atoms with Gasteiger partial charge in [-0.3, -0.25) is 0 Å². The molecule has 0 radical (unpaired) electrons. The summed E-state index contributed by atoms with van der Waals surface area (Å²) >= 11 is 0. The Morgan fingerprint density at radius 2 is 1.81 bits per heavy atom. The molecule has 0 bridgehead atoms. The number of methoxy groups -OCH3 is 2. The first-order chi connectivity index (χ1) is 7.81. The number of nitrogens with one attached hydrogen (secondary N) is 1. The van der Waals surface area contributed by atoms with Crippen molar-refractivity contribution in [2.45, 2.75) is 25.3 Å². The number of hydrogen-bond donors (Lipinski definition) is 1. The van der Waals surface area contributed by atoms with Crippen LogP contribution in [0.2, 0.25) is 6.04 Å². The Labute approximate surface area is 99.5 Å². The zero-order valence-corrected chi connectivity index (χ0v) is 11.4. The third kappa shape index (κ3) is 3.96. The van der Waals surface area contributed by atoms with Crippen molar-refractivity contribution in [1.82, 2.24) is 0 Å². The molecule has 0 amide bonds. The zero-order valence-electron chi connectivity index (χ0n) is 10.3. The summed E-state index contributed by atoms with van der Waals surface area (Å²) in [6, 6.07) is 11.4. The number of ether oxygens (including phenoxy) is 2. The summed E-state index contributed by atoms with van der Waals surface area (Å²) in [4.78, 5) is 3.57. The Hall–Kier alpha value is -0.843. The third-order valence-electron chi connectivity index (χ3n) is 2.52. The van der Waals surface area contributed by atoms with Crippen LogP contribution in [0.4, 0.5) is 5.69 Å². The topological polar surface area (TPSA) is 30.5 Å². The molecule has 1 atom stereocenters. The molecule has 1 unspecified atom stereocenters. The van der Waals surface area contributed by atoms with E-state index in [0.717, 1.165) is 18.2 Å². The Bertz CT molecular complexity index is 278. The summed E-state index contributed by atoms with van der Waals surface area (Å²) in [5, 5.41) is 0. The van der Waals surface area contributed by atoms with Gasteiger partial charge in [-0.15, -0.1) is 0 Å². The molecule has 1 rings (SSSR count). The molecule has 90 valence electrons. The van der Waals surface area contributed by atoms with Gasteiger partial charge in [0.25, 0.3) is 0 Å². The van der Waals surface area contributed by atoms with Crippen molar-refractivity contribution in [2.24, 2.45) is 0 Å². The highest BCUT2D eigenvalue weighted by Crippen LogP contribution is 2.12. The molecule has 3 nitrogen and oxygen atoms in total. The molecule has 0 fully saturated rings. The number of benzene rings is 1. The van der Waals surface area contributed by atoms with Crippen LogP contribution >= 0.6 is 0 Å². The van der Waals surface area contributed by atoms with Crippen LogP contribution < -0.4 is 4.98 Å². The highest BCUT2D eigenvalue weighted by atomic mass is 28.3. The van der Waals surface area contributed by atoms with E-state index < -0.39 is 8.96 Å². The lowest BCUT2D eigenvalue weighted by Crippen LogP contribution is -2.41. The summed E-state index contributed by atoms with van der Waals surface area (Å²) in [6.07, 6.45) is 1.15. The van der Waals surface area contributed by atoms with E-state index in [2.05, 4.69) is 24.0 Å². The number of hydrogen-bond acceptors (Lipinski definition) is 3. The molecule has 1 N–H and O–H groups in total. The first-order valence-corrected chi connectivity index (χ1v) is 7.75. The van der Waals surface area contributed by atoms with E-state index in [1.54, 1.807) is 14.2 Å².